The zero-order chi connectivity index (χ0) is 12.4. The number of nitrogen functional groups attached to an aromatic ring is 1. The molecule has 0 saturated heterocycles. The van der Waals surface area contributed by atoms with Crippen LogP contribution >= 0.6 is 0 Å². The van der Waals surface area contributed by atoms with Gasteiger partial charge in [0.1, 0.15) is 5.82 Å². The van der Waals surface area contributed by atoms with E-state index in [-0.39, 0.29) is 11.5 Å². The molecule has 1 heterocycles. The normalized spacial score (nSPS) is 10.8. The number of nitrogens with zero attached hydrogens (tertiary/aromatic N) is 2. The first-order chi connectivity index (χ1) is 8.13. The number of hydrogen-bond donors (Lipinski definition) is 1. The Balaban J connectivity index is 2.49. The third-order valence-corrected chi connectivity index (χ3v) is 2.74. The molecule has 1 aromatic heterocycles. The van der Waals surface area contributed by atoms with Crippen LogP contribution in [0.5, 0.6) is 0 Å². The molecule has 0 aliphatic heterocycles. The fourth-order valence-electron chi connectivity index (χ4n) is 1.90. The second-order valence-corrected chi connectivity index (χ2v) is 4.09. The number of halogens is 1. The molecule has 0 fully saturated rings. The van der Waals surface area contributed by atoms with Gasteiger partial charge in [-0.05, 0) is 19.4 Å². The van der Waals surface area contributed by atoms with Gasteiger partial charge in [0.2, 0.25) is 0 Å². The summed E-state index contributed by atoms with van der Waals surface area (Å²) in [4.78, 5) is 0. The Morgan fingerprint density at radius 2 is 2.12 bits per heavy atom. The molecule has 0 spiro atoms. The lowest BCUT2D eigenvalue weighted by Crippen LogP contribution is -1.96. The van der Waals surface area contributed by atoms with E-state index in [1.807, 2.05) is 23.9 Å². The molecule has 0 aliphatic carbocycles. The summed E-state index contributed by atoms with van der Waals surface area (Å²) >= 11 is 0. The van der Waals surface area contributed by atoms with Gasteiger partial charge in [-0.25, -0.2) is 4.39 Å². The standard InChI is InChI=1S/C13H16FN3/c1-3-7-17-8-11(9(2)16-17)10-5-4-6-12(14)13(10)15/h4-6,8H,3,7,15H2,1-2H3. The van der Waals surface area contributed by atoms with Crippen LogP contribution in [0.15, 0.2) is 24.4 Å². The van der Waals surface area contributed by atoms with Crippen LogP contribution in [0.4, 0.5) is 10.1 Å². The third-order valence-electron chi connectivity index (χ3n) is 2.74. The number of rotatable bonds is 3. The highest BCUT2D eigenvalue weighted by Crippen LogP contribution is 2.29. The maximum Gasteiger partial charge on any atom is 0.146 e. The summed E-state index contributed by atoms with van der Waals surface area (Å²) in [5.41, 5.74) is 8.42. The molecule has 1 aromatic carbocycles. The van der Waals surface area contributed by atoms with Gasteiger partial charge in [0.05, 0.1) is 11.4 Å². The highest BCUT2D eigenvalue weighted by molar-refractivity contribution is 5.77. The van der Waals surface area contributed by atoms with E-state index in [9.17, 15) is 4.39 Å². The van der Waals surface area contributed by atoms with E-state index >= 15 is 0 Å². The van der Waals surface area contributed by atoms with Crippen LogP contribution in [0.3, 0.4) is 0 Å². The first-order valence-corrected chi connectivity index (χ1v) is 5.72. The molecule has 90 valence electrons. The van der Waals surface area contributed by atoms with Gasteiger partial charge in [-0.1, -0.05) is 19.1 Å². The van der Waals surface area contributed by atoms with Crippen LogP contribution in [0.25, 0.3) is 11.1 Å². The predicted molar refractivity (Wildman–Crippen MR) is 67.1 cm³/mol. The molecule has 0 bridgehead atoms. The first kappa shape index (κ1) is 11.6. The Labute approximate surface area is 100 Å². The number of benzene rings is 1. The van der Waals surface area contributed by atoms with E-state index in [0.717, 1.165) is 24.2 Å². The van der Waals surface area contributed by atoms with Crippen LogP contribution < -0.4 is 5.73 Å². The lowest BCUT2D eigenvalue weighted by molar-refractivity contribution is 0.598. The number of para-hydroxylation sites is 1. The predicted octanol–water partition coefficient (Wildman–Crippen LogP) is 2.99. The fourth-order valence-corrected chi connectivity index (χ4v) is 1.90. The Morgan fingerprint density at radius 3 is 2.82 bits per heavy atom. The Morgan fingerprint density at radius 1 is 1.35 bits per heavy atom. The number of nitrogens with two attached hydrogens (primary N) is 1. The zero-order valence-electron chi connectivity index (χ0n) is 10.1. The van der Waals surface area contributed by atoms with Crippen molar-refractivity contribution in [3.8, 4) is 11.1 Å². The van der Waals surface area contributed by atoms with E-state index in [0.29, 0.717) is 5.56 Å². The highest BCUT2D eigenvalue weighted by Gasteiger charge is 2.12. The number of anilines is 1. The summed E-state index contributed by atoms with van der Waals surface area (Å²) < 4.78 is 15.3. The summed E-state index contributed by atoms with van der Waals surface area (Å²) in [6.45, 7) is 4.86. The number of aryl methyl sites for hydroxylation is 2. The second-order valence-electron chi connectivity index (χ2n) is 4.09. The van der Waals surface area contributed by atoms with Gasteiger partial charge in [0.15, 0.2) is 0 Å². The van der Waals surface area contributed by atoms with Crippen molar-refractivity contribution in [2.24, 2.45) is 0 Å². The lowest BCUT2D eigenvalue weighted by atomic mass is 10.0. The van der Waals surface area contributed by atoms with Gasteiger partial charge in [-0.3, -0.25) is 4.68 Å². The van der Waals surface area contributed by atoms with Gasteiger partial charge in [0, 0.05) is 23.9 Å². The molecule has 0 radical (unpaired) electrons. The van der Waals surface area contributed by atoms with Crippen LogP contribution in [-0.4, -0.2) is 9.78 Å². The van der Waals surface area contributed by atoms with Crippen molar-refractivity contribution in [1.29, 1.82) is 0 Å². The highest BCUT2D eigenvalue weighted by atomic mass is 19.1. The smallest absolute Gasteiger partial charge is 0.146 e. The van der Waals surface area contributed by atoms with E-state index in [2.05, 4.69) is 12.0 Å². The maximum absolute atomic E-state index is 13.4. The summed E-state index contributed by atoms with van der Waals surface area (Å²) in [5, 5.41) is 4.39. The van der Waals surface area contributed by atoms with Gasteiger partial charge in [-0.2, -0.15) is 5.10 Å². The van der Waals surface area contributed by atoms with Crippen LogP contribution in [-0.2, 0) is 6.54 Å². The van der Waals surface area contributed by atoms with E-state index in [4.69, 9.17) is 5.73 Å². The summed E-state index contributed by atoms with van der Waals surface area (Å²) in [7, 11) is 0. The molecule has 2 rings (SSSR count). The largest absolute Gasteiger partial charge is 0.396 e. The van der Waals surface area contributed by atoms with E-state index in [1.165, 1.54) is 6.07 Å². The minimum absolute atomic E-state index is 0.187. The average molecular weight is 233 g/mol. The maximum atomic E-state index is 13.4. The Kier molecular flexibility index (Phi) is 3.13. The molecule has 0 unspecified atom stereocenters. The number of hydrogen-bond acceptors (Lipinski definition) is 2. The molecule has 0 aliphatic rings. The van der Waals surface area contributed by atoms with Crippen molar-refractivity contribution < 1.29 is 4.39 Å². The zero-order valence-corrected chi connectivity index (χ0v) is 10.1. The van der Waals surface area contributed by atoms with Gasteiger partial charge in [0.25, 0.3) is 0 Å². The van der Waals surface area contributed by atoms with Crippen molar-refractivity contribution >= 4 is 5.69 Å². The molecule has 17 heavy (non-hydrogen) atoms. The van der Waals surface area contributed by atoms with Gasteiger partial charge in [-0.15, -0.1) is 0 Å². The molecular formula is C13H16FN3. The average Bonchev–Trinajstić information content (AvgIpc) is 2.64. The molecule has 3 nitrogen and oxygen atoms in total. The van der Waals surface area contributed by atoms with Crippen LogP contribution in [0.1, 0.15) is 19.0 Å². The molecule has 0 amide bonds. The Hall–Kier alpha value is -1.84. The quantitative estimate of drug-likeness (QED) is 0.828. The minimum Gasteiger partial charge on any atom is -0.396 e. The molecule has 4 heteroatoms. The minimum atomic E-state index is -0.384. The van der Waals surface area contributed by atoms with Crippen molar-refractivity contribution in [3.05, 3.63) is 35.9 Å². The molecule has 2 N–H and O–H groups in total. The second kappa shape index (κ2) is 4.57. The fraction of sp³-hybridized carbons (Fsp3) is 0.308. The Bertz CT molecular complexity index is 531. The summed E-state index contributed by atoms with van der Waals surface area (Å²) in [6.07, 6.45) is 2.93. The lowest BCUT2D eigenvalue weighted by Gasteiger charge is -2.04. The van der Waals surface area contributed by atoms with Crippen molar-refractivity contribution in [3.63, 3.8) is 0 Å². The summed E-state index contributed by atoms with van der Waals surface area (Å²) in [6, 6.07) is 4.85. The third kappa shape index (κ3) is 2.16. The first-order valence-electron chi connectivity index (χ1n) is 5.72. The van der Waals surface area contributed by atoms with Crippen LogP contribution in [0.2, 0.25) is 0 Å². The molecule has 2 aromatic rings. The topological polar surface area (TPSA) is 43.8 Å². The van der Waals surface area contributed by atoms with Crippen molar-refractivity contribution in [1.82, 2.24) is 9.78 Å². The molecule has 0 atom stereocenters. The van der Waals surface area contributed by atoms with Crippen LogP contribution in [0, 0.1) is 12.7 Å². The molecule has 0 saturated carbocycles. The number of aromatic nitrogens is 2. The van der Waals surface area contributed by atoms with Gasteiger partial charge >= 0.3 is 0 Å². The van der Waals surface area contributed by atoms with Crippen molar-refractivity contribution in [2.75, 3.05) is 5.73 Å². The SMILES string of the molecule is CCCn1cc(-c2cccc(F)c2N)c(C)n1. The monoisotopic (exact) mass is 233 g/mol. The molecular weight excluding hydrogens is 217 g/mol. The van der Waals surface area contributed by atoms with E-state index < -0.39 is 0 Å². The van der Waals surface area contributed by atoms with E-state index in [1.54, 1.807) is 6.07 Å². The van der Waals surface area contributed by atoms with Gasteiger partial charge < -0.3 is 5.73 Å². The summed E-state index contributed by atoms with van der Waals surface area (Å²) in [5.74, 6) is -0.384. The van der Waals surface area contributed by atoms with Crippen molar-refractivity contribution in [2.45, 2.75) is 26.8 Å².